The standard InChI is InChI=1S/C33H40O7/c1-18-10-24(34)26(36)15-28-22(18)12-20-14-30(38)33(6)21(17-31(3,4)8-7-9-32(20,5)39-28)13-23-19(2)11-25(35)27(37)16-29(23)40-33/h7-8,10-11,15-16,20-21,30,38H,9,12-14,17H2,1-6H3,(H,34,36)(H,35,37)/b8-7-/t20-,21+,30-,32+,33-/m1/s1. The first kappa shape index (κ1) is 28.2. The van der Waals surface area contributed by atoms with Crippen molar-refractivity contribution in [2.45, 2.75) is 91.0 Å². The highest BCUT2D eigenvalue weighted by molar-refractivity contribution is 5.46. The van der Waals surface area contributed by atoms with Crippen LogP contribution in [0.4, 0.5) is 0 Å². The van der Waals surface area contributed by atoms with Gasteiger partial charge in [-0.2, -0.15) is 0 Å². The number of aliphatic hydroxyl groups excluding tert-OH is 1. The zero-order valence-electron chi connectivity index (χ0n) is 24.2. The van der Waals surface area contributed by atoms with E-state index < -0.39 is 28.2 Å². The van der Waals surface area contributed by atoms with Crippen molar-refractivity contribution < 1.29 is 24.8 Å². The largest absolute Gasteiger partial charge is 0.504 e. The summed E-state index contributed by atoms with van der Waals surface area (Å²) in [5.74, 6) is 0.0238. The van der Waals surface area contributed by atoms with Gasteiger partial charge in [0.2, 0.25) is 10.9 Å². The van der Waals surface area contributed by atoms with Gasteiger partial charge >= 0.3 is 0 Å². The number of aromatic hydroxyl groups is 2. The van der Waals surface area contributed by atoms with Gasteiger partial charge in [0.15, 0.2) is 11.5 Å². The quantitative estimate of drug-likeness (QED) is 0.402. The van der Waals surface area contributed by atoms with Crippen LogP contribution >= 0.6 is 0 Å². The second-order valence-electron chi connectivity index (χ2n) is 13.2. The molecule has 2 heterocycles. The fourth-order valence-corrected chi connectivity index (χ4v) is 6.92. The third-order valence-electron chi connectivity index (χ3n) is 9.56. The number of hydrogen-bond donors (Lipinski definition) is 3. The normalized spacial score (nSPS) is 31.5. The van der Waals surface area contributed by atoms with Gasteiger partial charge in [0.1, 0.15) is 22.7 Å². The summed E-state index contributed by atoms with van der Waals surface area (Å²) in [4.78, 5) is 25.0. The van der Waals surface area contributed by atoms with E-state index in [0.29, 0.717) is 37.2 Å². The zero-order chi connectivity index (χ0) is 29.2. The smallest absolute Gasteiger partial charge is 0.223 e. The van der Waals surface area contributed by atoms with E-state index in [0.717, 1.165) is 28.7 Å². The molecule has 2 aromatic rings. The molecule has 1 aliphatic carbocycles. The van der Waals surface area contributed by atoms with Crippen LogP contribution in [0.3, 0.4) is 0 Å². The molecule has 0 bridgehead atoms. The third-order valence-corrected chi connectivity index (χ3v) is 9.56. The van der Waals surface area contributed by atoms with Gasteiger partial charge in [0.05, 0.1) is 6.10 Å². The van der Waals surface area contributed by atoms with Crippen LogP contribution < -0.4 is 20.3 Å². The summed E-state index contributed by atoms with van der Waals surface area (Å²) in [7, 11) is 0. The molecule has 0 aromatic heterocycles. The molecule has 0 fully saturated rings. The Hall–Kier alpha value is -3.32. The zero-order valence-corrected chi connectivity index (χ0v) is 24.2. The lowest BCUT2D eigenvalue weighted by molar-refractivity contribution is -0.117. The number of aryl methyl sites for hydroxylation is 2. The number of allylic oxidation sites excluding steroid dienone is 1. The molecule has 0 radical (unpaired) electrons. The maximum absolute atomic E-state index is 12.6. The minimum absolute atomic E-state index is 0.0753. The van der Waals surface area contributed by atoms with E-state index in [4.69, 9.17) is 9.47 Å². The van der Waals surface area contributed by atoms with Crippen molar-refractivity contribution in [2.24, 2.45) is 17.3 Å². The van der Waals surface area contributed by atoms with E-state index in [9.17, 15) is 24.9 Å². The van der Waals surface area contributed by atoms with Crippen molar-refractivity contribution in [1.29, 1.82) is 0 Å². The van der Waals surface area contributed by atoms with E-state index in [1.807, 2.05) is 27.7 Å². The molecule has 0 unspecified atom stereocenters. The lowest BCUT2D eigenvalue weighted by Crippen LogP contribution is -2.57. The Kier molecular flexibility index (Phi) is 6.81. The molecule has 7 nitrogen and oxygen atoms in total. The van der Waals surface area contributed by atoms with Crippen molar-refractivity contribution in [2.75, 3.05) is 0 Å². The average Bonchev–Trinajstić information content (AvgIpc) is 3.01. The second-order valence-corrected chi connectivity index (χ2v) is 13.2. The van der Waals surface area contributed by atoms with Crippen molar-refractivity contribution in [3.05, 3.63) is 79.1 Å². The van der Waals surface area contributed by atoms with Crippen molar-refractivity contribution in [1.82, 2.24) is 0 Å². The van der Waals surface area contributed by atoms with Gasteiger partial charge in [-0.1, -0.05) is 26.0 Å². The molecule has 0 spiro atoms. The van der Waals surface area contributed by atoms with Gasteiger partial charge in [-0.15, -0.1) is 0 Å². The fraction of sp³-hybridized carbons (Fsp3) is 0.515. The van der Waals surface area contributed by atoms with Crippen LogP contribution in [0.25, 0.3) is 0 Å². The van der Waals surface area contributed by atoms with Crippen LogP contribution in [0.5, 0.6) is 23.0 Å². The van der Waals surface area contributed by atoms with Crippen LogP contribution in [0.1, 0.15) is 69.2 Å². The summed E-state index contributed by atoms with van der Waals surface area (Å²) in [6.45, 7) is 12.0. The molecule has 0 amide bonds. The van der Waals surface area contributed by atoms with Crippen LogP contribution in [-0.4, -0.2) is 32.6 Å². The molecular weight excluding hydrogens is 508 g/mol. The lowest BCUT2D eigenvalue weighted by Gasteiger charge is -2.49. The maximum atomic E-state index is 12.6. The van der Waals surface area contributed by atoms with Crippen molar-refractivity contribution in [3.8, 4) is 23.0 Å². The summed E-state index contributed by atoms with van der Waals surface area (Å²) >= 11 is 0. The van der Waals surface area contributed by atoms with E-state index in [1.165, 1.54) is 24.3 Å². The van der Waals surface area contributed by atoms with Gasteiger partial charge in [0.25, 0.3) is 0 Å². The Labute approximate surface area is 235 Å². The van der Waals surface area contributed by atoms with Gasteiger partial charge in [-0.05, 0) is 93.2 Å². The van der Waals surface area contributed by atoms with Crippen LogP contribution in [0.15, 0.2) is 46.0 Å². The molecule has 214 valence electrons. The highest BCUT2D eigenvalue weighted by atomic mass is 16.5. The molecule has 0 saturated carbocycles. The molecule has 5 atom stereocenters. The summed E-state index contributed by atoms with van der Waals surface area (Å²) < 4.78 is 13.2. The second kappa shape index (κ2) is 9.65. The van der Waals surface area contributed by atoms with E-state index in [1.54, 1.807) is 0 Å². The maximum Gasteiger partial charge on any atom is 0.223 e. The van der Waals surface area contributed by atoms with Crippen molar-refractivity contribution in [3.63, 3.8) is 0 Å². The predicted octanol–water partition coefficient (Wildman–Crippen LogP) is 4.88. The first-order chi connectivity index (χ1) is 18.6. The summed E-state index contributed by atoms with van der Waals surface area (Å²) in [5.41, 5.74) is 0.287. The molecule has 2 aliphatic heterocycles. The van der Waals surface area contributed by atoms with Crippen LogP contribution in [0, 0.1) is 31.1 Å². The Bertz CT molecular complexity index is 1510. The van der Waals surface area contributed by atoms with Crippen molar-refractivity contribution >= 4 is 0 Å². The monoisotopic (exact) mass is 548 g/mol. The molecule has 3 N–H and O–H groups in total. The molecule has 3 aliphatic rings. The Morgan fingerprint density at radius 2 is 1.32 bits per heavy atom. The van der Waals surface area contributed by atoms with Gasteiger partial charge < -0.3 is 24.8 Å². The summed E-state index contributed by atoms with van der Waals surface area (Å²) in [6, 6.07) is 5.68. The summed E-state index contributed by atoms with van der Waals surface area (Å²) in [5, 5.41) is 32.4. The van der Waals surface area contributed by atoms with E-state index in [-0.39, 0.29) is 28.7 Å². The molecule has 7 heteroatoms. The first-order valence-electron chi connectivity index (χ1n) is 14.1. The minimum atomic E-state index is -1.01. The Morgan fingerprint density at radius 3 is 1.90 bits per heavy atom. The number of rotatable bonds is 0. The number of aliphatic hydroxyl groups is 1. The average molecular weight is 549 g/mol. The van der Waals surface area contributed by atoms with E-state index >= 15 is 0 Å². The molecular formula is C33H40O7. The molecule has 0 saturated heterocycles. The Balaban J connectivity index is 1.63. The van der Waals surface area contributed by atoms with Crippen LogP contribution in [-0.2, 0) is 12.8 Å². The number of hydrogen-bond acceptors (Lipinski definition) is 7. The molecule has 40 heavy (non-hydrogen) atoms. The summed E-state index contributed by atoms with van der Waals surface area (Å²) in [6.07, 6.45) is 6.29. The third kappa shape index (κ3) is 4.89. The predicted molar refractivity (Wildman–Crippen MR) is 153 cm³/mol. The number of ether oxygens (including phenoxy) is 2. The lowest BCUT2D eigenvalue weighted by atomic mass is 9.67. The topological polar surface area (TPSA) is 113 Å². The highest BCUT2D eigenvalue weighted by Gasteiger charge is 2.51. The minimum Gasteiger partial charge on any atom is -0.504 e. The van der Waals surface area contributed by atoms with Gasteiger partial charge in [0, 0.05) is 30.4 Å². The van der Waals surface area contributed by atoms with Crippen LogP contribution in [0.2, 0.25) is 0 Å². The SMILES string of the molecule is Cc1cc(O)c(=O)cc2c1C[C@H]1CC(C)(C)/C=C\C[C@]3(C)Oc4cc(=O)c(O)cc(C)c4C[C@@H]3C[C@@H](O)[C@]1(C)O2. The van der Waals surface area contributed by atoms with Gasteiger partial charge in [-0.25, -0.2) is 0 Å². The van der Waals surface area contributed by atoms with Gasteiger partial charge in [-0.3, -0.25) is 9.59 Å². The Morgan fingerprint density at radius 1 is 0.800 bits per heavy atom. The highest BCUT2D eigenvalue weighted by Crippen LogP contribution is 2.49. The van der Waals surface area contributed by atoms with E-state index in [2.05, 4.69) is 26.0 Å². The molecule has 5 rings (SSSR count). The fourth-order valence-electron chi connectivity index (χ4n) is 6.92. The number of fused-ring (bicyclic) bond motifs is 4. The first-order valence-corrected chi connectivity index (χ1v) is 14.1. The molecule has 2 aromatic carbocycles.